The summed E-state index contributed by atoms with van der Waals surface area (Å²) in [5, 5.41) is 81.7. The Morgan fingerprint density at radius 3 is 2.14 bits per heavy atom. The predicted octanol–water partition coefficient (Wildman–Crippen LogP) is -2.07. The van der Waals surface area contributed by atoms with E-state index in [2.05, 4.69) is 16.0 Å². The first kappa shape index (κ1) is 61.8. The second-order valence-electron chi connectivity index (χ2n) is 20.3. The summed E-state index contributed by atoms with van der Waals surface area (Å²) in [6.07, 6.45) is -10.4. The molecule has 0 aromatic carbocycles. The number of amides is 4. The van der Waals surface area contributed by atoms with Crippen LogP contribution in [0.5, 0.6) is 0 Å². The highest BCUT2D eigenvalue weighted by molar-refractivity contribution is 5.82. The average Bonchev–Trinajstić information content (AvgIpc) is 3.37. The first-order chi connectivity index (χ1) is 35.5. The first-order valence-corrected chi connectivity index (χ1v) is 26.7. The SMILES string of the molecule is CCC1CC(C(=O)CCCNC(=O)CCOCCOCCNC(=O)[C@@H](O)[C@H](CO)OC)C[C@@H](O[C@@H]2O[C@@H](CO)[C@H](O)C(O[C@@H](CC3CCCCC3)C(=O)N3CCC3)C2NC(C)=O)[C@@H]1O[C@@H]1OC(C)[C@@H](O)[C@H](O)C1O. The number of ether oxygens (including phenoxy) is 8. The third-order valence-electron chi connectivity index (χ3n) is 15.0. The van der Waals surface area contributed by atoms with Crippen LogP contribution >= 0.6 is 0 Å². The molecule has 0 aromatic rings. The van der Waals surface area contributed by atoms with Gasteiger partial charge in [-0.15, -0.1) is 0 Å². The van der Waals surface area contributed by atoms with Crippen molar-refractivity contribution in [1.29, 1.82) is 0 Å². The van der Waals surface area contributed by atoms with E-state index in [-0.39, 0.29) is 82.3 Å². The number of hydrogen-bond donors (Lipinski definition) is 10. The maximum Gasteiger partial charge on any atom is 0.251 e. The molecule has 3 heterocycles. The Kier molecular flexibility index (Phi) is 26.2. The molecule has 5 rings (SSSR count). The first-order valence-electron chi connectivity index (χ1n) is 26.7. The molecule has 24 nitrogen and oxygen atoms in total. The summed E-state index contributed by atoms with van der Waals surface area (Å²) in [5.41, 5.74) is 0. The third-order valence-corrected chi connectivity index (χ3v) is 15.0. The lowest BCUT2D eigenvalue weighted by molar-refractivity contribution is -0.338. The van der Waals surface area contributed by atoms with E-state index in [1.54, 1.807) is 4.90 Å². The summed E-state index contributed by atoms with van der Waals surface area (Å²) in [6.45, 7) is 5.59. The summed E-state index contributed by atoms with van der Waals surface area (Å²) in [4.78, 5) is 67.3. The molecule has 426 valence electrons. The minimum Gasteiger partial charge on any atom is -0.394 e. The minimum absolute atomic E-state index is 0.0520. The average molecular weight is 1060 g/mol. The lowest BCUT2D eigenvalue weighted by Crippen LogP contribution is -2.67. The van der Waals surface area contributed by atoms with E-state index in [0.717, 1.165) is 38.5 Å². The summed E-state index contributed by atoms with van der Waals surface area (Å²) in [7, 11) is 1.27. The third kappa shape index (κ3) is 17.7. The smallest absolute Gasteiger partial charge is 0.251 e. The molecule has 0 aromatic heterocycles. The Hall–Kier alpha value is -3.05. The summed E-state index contributed by atoms with van der Waals surface area (Å²) < 4.78 is 47.8. The number of carbonyl (C=O) groups excluding carboxylic acids is 5. The highest BCUT2D eigenvalue weighted by Crippen LogP contribution is 2.41. The van der Waals surface area contributed by atoms with E-state index in [4.69, 9.17) is 43.0 Å². The van der Waals surface area contributed by atoms with Crippen molar-refractivity contribution in [3.05, 3.63) is 0 Å². The van der Waals surface area contributed by atoms with Crippen LogP contribution in [0.4, 0.5) is 0 Å². The summed E-state index contributed by atoms with van der Waals surface area (Å²) >= 11 is 0. The lowest BCUT2D eigenvalue weighted by Gasteiger charge is -2.49. The number of carbonyl (C=O) groups is 5. The molecule has 10 N–H and O–H groups in total. The number of ketones is 1. The Morgan fingerprint density at radius 2 is 1.50 bits per heavy atom. The van der Waals surface area contributed by atoms with Gasteiger partial charge in [0.15, 0.2) is 18.7 Å². The highest BCUT2D eigenvalue weighted by atomic mass is 16.7. The van der Waals surface area contributed by atoms with Crippen LogP contribution in [-0.2, 0) is 61.9 Å². The molecule has 5 aliphatic rings. The molecule has 74 heavy (non-hydrogen) atoms. The molecule has 17 atom stereocenters. The Labute approximate surface area is 433 Å². The van der Waals surface area contributed by atoms with E-state index in [9.17, 15) is 54.6 Å². The predicted molar refractivity (Wildman–Crippen MR) is 259 cm³/mol. The van der Waals surface area contributed by atoms with Gasteiger partial charge in [0.1, 0.15) is 60.7 Å². The molecule has 2 saturated carbocycles. The monoisotopic (exact) mass is 1060 g/mol. The molecule has 24 heteroatoms. The van der Waals surface area contributed by atoms with Gasteiger partial charge in [-0.3, -0.25) is 24.0 Å². The lowest BCUT2D eigenvalue weighted by atomic mass is 9.74. The normalized spacial score (nSPS) is 32.9. The second kappa shape index (κ2) is 31.4. The van der Waals surface area contributed by atoms with Crippen LogP contribution in [-0.4, -0.2) is 235 Å². The molecular weight excluding hydrogens is 977 g/mol. The molecule has 0 spiro atoms. The van der Waals surface area contributed by atoms with Gasteiger partial charge in [0.2, 0.25) is 11.8 Å². The van der Waals surface area contributed by atoms with Gasteiger partial charge < -0.3 is 94.5 Å². The fourth-order valence-corrected chi connectivity index (χ4v) is 10.5. The van der Waals surface area contributed by atoms with Crippen molar-refractivity contribution in [3.63, 3.8) is 0 Å². The highest BCUT2D eigenvalue weighted by Gasteiger charge is 2.53. The molecule has 6 unspecified atom stereocenters. The maximum absolute atomic E-state index is 14.1. The number of nitrogens with zero attached hydrogens (tertiary/aromatic N) is 1. The van der Waals surface area contributed by atoms with E-state index in [0.29, 0.717) is 38.8 Å². The Bertz CT molecular complexity index is 1720. The fourth-order valence-electron chi connectivity index (χ4n) is 10.5. The van der Waals surface area contributed by atoms with Crippen molar-refractivity contribution in [3.8, 4) is 0 Å². The topological polar surface area (TPSA) is 340 Å². The van der Waals surface area contributed by atoms with Crippen molar-refractivity contribution >= 4 is 29.4 Å². The van der Waals surface area contributed by atoms with Gasteiger partial charge in [-0.2, -0.15) is 0 Å². The van der Waals surface area contributed by atoms with Gasteiger partial charge in [0.25, 0.3) is 11.8 Å². The van der Waals surface area contributed by atoms with E-state index < -0.39 is 129 Å². The van der Waals surface area contributed by atoms with Crippen LogP contribution in [0.2, 0.25) is 0 Å². The van der Waals surface area contributed by atoms with E-state index >= 15 is 0 Å². The zero-order chi connectivity index (χ0) is 53.9. The molecule has 0 bridgehead atoms. The van der Waals surface area contributed by atoms with Gasteiger partial charge >= 0.3 is 0 Å². The molecule has 3 aliphatic heterocycles. The van der Waals surface area contributed by atoms with Gasteiger partial charge in [-0.25, -0.2) is 0 Å². The number of hydrogen-bond acceptors (Lipinski definition) is 20. The number of rotatable bonds is 30. The zero-order valence-electron chi connectivity index (χ0n) is 43.5. The van der Waals surface area contributed by atoms with E-state index in [1.165, 1.54) is 21.0 Å². The summed E-state index contributed by atoms with van der Waals surface area (Å²) in [5.74, 6) is -2.64. The quantitative estimate of drug-likeness (QED) is 0.0346. The molecule has 0 radical (unpaired) electrons. The molecular formula is C50H86N4O20. The van der Waals surface area contributed by atoms with Gasteiger partial charge in [-0.05, 0) is 50.9 Å². The number of likely N-dealkylation sites (tertiary alicyclic amines) is 1. The van der Waals surface area contributed by atoms with Crippen molar-refractivity contribution in [1.82, 2.24) is 20.9 Å². The van der Waals surface area contributed by atoms with Crippen LogP contribution in [0, 0.1) is 17.8 Å². The Morgan fingerprint density at radius 1 is 0.784 bits per heavy atom. The minimum atomic E-state index is -1.66. The van der Waals surface area contributed by atoms with Crippen molar-refractivity contribution in [2.75, 3.05) is 72.9 Å². The number of aliphatic hydroxyl groups excluding tert-OH is 7. The van der Waals surface area contributed by atoms with Crippen LogP contribution in [0.1, 0.15) is 104 Å². The standard InChI is InChI=1S/C50H86N4O20/c1-5-31-24-32(33(58)13-9-15-51-38(59)14-19-68-21-22-69-20-16-52-47(65)42(62)36(26-55)67-4)25-34(45(31)74-50-44(64)43(63)40(60)28(2)70-50)72-49-39(53-29(3)57)46(41(61)37(27-56)73-49)71-35(48(66)54-17-10-18-54)23-30-11-7-6-8-12-30/h28,30-32,34-37,39-46,49-50,55-56,60-64H,5-27H2,1-4H3,(H,51,59)(H,52,65)(H,53,57)/t28?,31?,32?,34-,35+,36+,37+,39?,40-,41+,42+,43+,44?,45-,46?,49-,50+/m1/s1. The largest absolute Gasteiger partial charge is 0.394 e. The number of aliphatic hydroxyl groups is 7. The zero-order valence-corrected chi connectivity index (χ0v) is 43.5. The van der Waals surface area contributed by atoms with Gasteiger partial charge in [0, 0.05) is 59.0 Å². The van der Waals surface area contributed by atoms with Crippen LogP contribution in [0.3, 0.4) is 0 Å². The Balaban J connectivity index is 1.22. The maximum atomic E-state index is 14.1. The number of nitrogens with one attached hydrogen (secondary N) is 3. The van der Waals surface area contributed by atoms with Crippen LogP contribution in [0.25, 0.3) is 0 Å². The van der Waals surface area contributed by atoms with Crippen molar-refractivity contribution < 1.29 is 97.6 Å². The van der Waals surface area contributed by atoms with Crippen molar-refractivity contribution in [2.24, 2.45) is 17.8 Å². The number of methoxy groups -OCH3 is 1. The van der Waals surface area contributed by atoms with E-state index in [1.807, 2.05) is 6.92 Å². The van der Waals surface area contributed by atoms with Crippen LogP contribution < -0.4 is 16.0 Å². The molecule has 4 amide bonds. The molecule has 2 aliphatic carbocycles. The summed E-state index contributed by atoms with van der Waals surface area (Å²) in [6, 6.07) is -1.23. The fraction of sp³-hybridized carbons (Fsp3) is 0.900. The molecule has 3 saturated heterocycles. The van der Waals surface area contributed by atoms with Crippen molar-refractivity contribution in [2.45, 2.75) is 196 Å². The second-order valence-corrected chi connectivity index (χ2v) is 20.3. The number of Topliss-reactive ketones (excluding diaryl/α,β-unsaturated/α-hetero) is 1. The van der Waals surface area contributed by atoms with Crippen LogP contribution in [0.15, 0.2) is 0 Å². The van der Waals surface area contributed by atoms with Gasteiger partial charge in [-0.1, -0.05) is 45.4 Å². The molecule has 5 fully saturated rings. The van der Waals surface area contributed by atoms with Gasteiger partial charge in [0.05, 0.1) is 58.0 Å².